The molecule has 0 atom stereocenters. The lowest BCUT2D eigenvalue weighted by Gasteiger charge is -2.19. The lowest BCUT2D eigenvalue weighted by Crippen LogP contribution is -2.21. The van der Waals surface area contributed by atoms with Crippen LogP contribution in [0.25, 0.3) is 22.4 Å². The summed E-state index contributed by atoms with van der Waals surface area (Å²) in [4.78, 5) is 23.3. The number of hydrogen-bond donors (Lipinski definition) is 1. The SMILES string of the molecule is CCc1cnc(-c2c[nH]c3ncncc23)nc1N1CCCC1. The molecule has 1 aliphatic heterocycles. The zero-order chi connectivity index (χ0) is 14.9. The summed E-state index contributed by atoms with van der Waals surface area (Å²) < 4.78 is 0. The van der Waals surface area contributed by atoms with E-state index in [-0.39, 0.29) is 0 Å². The molecule has 0 spiro atoms. The molecule has 3 aromatic heterocycles. The number of H-pyrrole nitrogens is 1. The van der Waals surface area contributed by atoms with Gasteiger partial charge in [-0.15, -0.1) is 0 Å². The van der Waals surface area contributed by atoms with E-state index in [4.69, 9.17) is 4.98 Å². The van der Waals surface area contributed by atoms with Crippen molar-refractivity contribution in [1.82, 2.24) is 24.9 Å². The van der Waals surface area contributed by atoms with Gasteiger partial charge < -0.3 is 9.88 Å². The number of anilines is 1. The molecular formula is C16H18N6. The van der Waals surface area contributed by atoms with Gasteiger partial charge in [0.25, 0.3) is 0 Å². The molecule has 112 valence electrons. The van der Waals surface area contributed by atoms with Crippen molar-refractivity contribution in [3.8, 4) is 11.4 Å². The van der Waals surface area contributed by atoms with E-state index in [1.165, 1.54) is 18.4 Å². The van der Waals surface area contributed by atoms with Crippen LogP contribution in [0, 0.1) is 0 Å². The molecule has 0 bridgehead atoms. The Morgan fingerprint density at radius 2 is 2.05 bits per heavy atom. The molecule has 0 amide bonds. The van der Waals surface area contributed by atoms with Crippen molar-refractivity contribution in [1.29, 1.82) is 0 Å². The maximum atomic E-state index is 4.86. The number of fused-ring (bicyclic) bond motifs is 1. The van der Waals surface area contributed by atoms with Crippen molar-refractivity contribution in [2.75, 3.05) is 18.0 Å². The van der Waals surface area contributed by atoms with Crippen molar-refractivity contribution >= 4 is 16.9 Å². The first kappa shape index (κ1) is 13.2. The van der Waals surface area contributed by atoms with Gasteiger partial charge in [-0.1, -0.05) is 6.92 Å². The molecule has 22 heavy (non-hydrogen) atoms. The largest absolute Gasteiger partial charge is 0.356 e. The summed E-state index contributed by atoms with van der Waals surface area (Å²) in [6.07, 6.45) is 10.6. The summed E-state index contributed by atoms with van der Waals surface area (Å²) in [5.74, 6) is 1.82. The fraction of sp³-hybridized carbons (Fsp3) is 0.375. The number of aromatic nitrogens is 5. The third kappa shape index (κ3) is 2.11. The lowest BCUT2D eigenvalue weighted by atomic mass is 10.2. The van der Waals surface area contributed by atoms with Crippen LogP contribution < -0.4 is 4.90 Å². The van der Waals surface area contributed by atoms with Crippen molar-refractivity contribution < 1.29 is 0 Å². The van der Waals surface area contributed by atoms with Crippen LogP contribution in [0.5, 0.6) is 0 Å². The normalized spacial score (nSPS) is 14.9. The van der Waals surface area contributed by atoms with Gasteiger partial charge in [-0.3, -0.25) is 0 Å². The molecule has 1 N–H and O–H groups in total. The molecule has 3 aromatic rings. The van der Waals surface area contributed by atoms with Crippen molar-refractivity contribution in [3.05, 3.63) is 30.5 Å². The smallest absolute Gasteiger partial charge is 0.163 e. The highest BCUT2D eigenvalue weighted by atomic mass is 15.2. The number of aromatic amines is 1. The second kappa shape index (κ2) is 5.36. The van der Waals surface area contributed by atoms with Gasteiger partial charge in [0.05, 0.1) is 0 Å². The van der Waals surface area contributed by atoms with E-state index in [9.17, 15) is 0 Å². The van der Waals surface area contributed by atoms with Crippen LogP contribution in [0.4, 0.5) is 5.82 Å². The minimum Gasteiger partial charge on any atom is -0.356 e. The highest BCUT2D eigenvalue weighted by Crippen LogP contribution is 2.28. The quantitative estimate of drug-likeness (QED) is 0.804. The molecule has 0 radical (unpaired) electrons. The molecule has 1 saturated heterocycles. The Balaban J connectivity index is 1.83. The summed E-state index contributed by atoms with van der Waals surface area (Å²) in [7, 11) is 0. The van der Waals surface area contributed by atoms with Gasteiger partial charge in [-0.25, -0.2) is 19.9 Å². The fourth-order valence-electron chi connectivity index (χ4n) is 3.02. The first-order valence-electron chi connectivity index (χ1n) is 7.75. The summed E-state index contributed by atoms with van der Waals surface area (Å²) in [5, 5.41) is 0.958. The topological polar surface area (TPSA) is 70.6 Å². The summed E-state index contributed by atoms with van der Waals surface area (Å²) >= 11 is 0. The highest BCUT2D eigenvalue weighted by Gasteiger charge is 2.19. The average molecular weight is 294 g/mol. The maximum Gasteiger partial charge on any atom is 0.163 e. The molecule has 6 heteroatoms. The van der Waals surface area contributed by atoms with Crippen LogP contribution in [0.1, 0.15) is 25.3 Å². The molecule has 0 aliphatic carbocycles. The van der Waals surface area contributed by atoms with Crippen LogP contribution >= 0.6 is 0 Å². The first-order valence-corrected chi connectivity index (χ1v) is 7.75. The van der Waals surface area contributed by atoms with Crippen molar-refractivity contribution in [2.45, 2.75) is 26.2 Å². The lowest BCUT2D eigenvalue weighted by molar-refractivity contribution is 0.902. The zero-order valence-corrected chi connectivity index (χ0v) is 12.6. The van der Waals surface area contributed by atoms with Crippen LogP contribution in [0.2, 0.25) is 0 Å². The van der Waals surface area contributed by atoms with E-state index >= 15 is 0 Å². The van der Waals surface area contributed by atoms with Crippen LogP contribution in [-0.4, -0.2) is 38.0 Å². The van der Waals surface area contributed by atoms with Gasteiger partial charge in [-0.2, -0.15) is 0 Å². The minimum atomic E-state index is 0.736. The number of hydrogen-bond acceptors (Lipinski definition) is 5. The van der Waals surface area contributed by atoms with Crippen LogP contribution in [0.15, 0.2) is 24.9 Å². The Morgan fingerprint density at radius 3 is 2.86 bits per heavy atom. The number of aryl methyl sites for hydroxylation is 1. The fourth-order valence-corrected chi connectivity index (χ4v) is 3.02. The second-order valence-corrected chi connectivity index (χ2v) is 5.58. The Labute approximate surface area is 128 Å². The predicted molar refractivity (Wildman–Crippen MR) is 85.7 cm³/mol. The molecule has 4 rings (SSSR count). The van der Waals surface area contributed by atoms with Crippen LogP contribution in [0.3, 0.4) is 0 Å². The summed E-state index contributed by atoms with van der Waals surface area (Å²) in [6.45, 7) is 4.32. The Kier molecular flexibility index (Phi) is 3.21. The molecule has 0 aromatic carbocycles. The molecule has 0 unspecified atom stereocenters. The zero-order valence-electron chi connectivity index (χ0n) is 12.6. The van der Waals surface area contributed by atoms with E-state index in [1.54, 1.807) is 12.5 Å². The van der Waals surface area contributed by atoms with E-state index in [0.29, 0.717) is 0 Å². The maximum absolute atomic E-state index is 4.86. The number of nitrogens with zero attached hydrogens (tertiary/aromatic N) is 5. The molecule has 4 heterocycles. The van der Waals surface area contributed by atoms with Gasteiger partial charge in [0.2, 0.25) is 0 Å². The Bertz CT molecular complexity index is 803. The Hall–Kier alpha value is -2.50. The van der Waals surface area contributed by atoms with Gasteiger partial charge in [0.15, 0.2) is 5.82 Å². The monoisotopic (exact) mass is 294 g/mol. The minimum absolute atomic E-state index is 0.736. The summed E-state index contributed by atoms with van der Waals surface area (Å²) in [6, 6.07) is 0. The molecule has 6 nitrogen and oxygen atoms in total. The third-order valence-electron chi connectivity index (χ3n) is 4.22. The average Bonchev–Trinajstić information content (AvgIpc) is 3.24. The van der Waals surface area contributed by atoms with Gasteiger partial charge in [0.1, 0.15) is 17.8 Å². The number of nitrogens with one attached hydrogen (secondary N) is 1. The van der Waals surface area contributed by atoms with Gasteiger partial charge in [0, 0.05) is 48.2 Å². The van der Waals surface area contributed by atoms with E-state index in [1.807, 2.05) is 12.4 Å². The van der Waals surface area contributed by atoms with E-state index in [0.717, 1.165) is 47.7 Å². The van der Waals surface area contributed by atoms with Gasteiger partial charge >= 0.3 is 0 Å². The predicted octanol–water partition coefficient (Wildman–Crippen LogP) is 2.58. The molecule has 1 aliphatic rings. The molecule has 0 saturated carbocycles. The highest BCUT2D eigenvalue weighted by molar-refractivity contribution is 5.90. The molecule has 1 fully saturated rings. The summed E-state index contributed by atoms with van der Waals surface area (Å²) in [5.41, 5.74) is 2.98. The standard InChI is InChI=1S/C16H18N6/c1-2-11-7-18-15(21-16(11)22-5-3-4-6-22)13-9-19-14-12(13)8-17-10-20-14/h7-10H,2-6H2,1H3,(H,17,19,20). The second-order valence-electron chi connectivity index (χ2n) is 5.58. The molecular weight excluding hydrogens is 276 g/mol. The van der Waals surface area contributed by atoms with Gasteiger partial charge in [-0.05, 0) is 19.3 Å². The van der Waals surface area contributed by atoms with Crippen molar-refractivity contribution in [3.63, 3.8) is 0 Å². The van der Waals surface area contributed by atoms with Crippen molar-refractivity contribution in [2.24, 2.45) is 0 Å². The first-order chi connectivity index (χ1) is 10.9. The van der Waals surface area contributed by atoms with E-state index < -0.39 is 0 Å². The third-order valence-corrected chi connectivity index (χ3v) is 4.22. The Morgan fingerprint density at radius 1 is 1.18 bits per heavy atom. The van der Waals surface area contributed by atoms with Crippen LogP contribution in [-0.2, 0) is 6.42 Å². The van der Waals surface area contributed by atoms with E-state index in [2.05, 4.69) is 31.8 Å². The number of rotatable bonds is 3.